The molecule has 0 atom stereocenters. The average Bonchev–Trinajstić information content (AvgIpc) is 2.62. The topological polar surface area (TPSA) is 0 Å². The maximum Gasteiger partial charge on any atom is -0.0171 e. The van der Waals surface area contributed by atoms with Gasteiger partial charge in [0.05, 0.1) is 0 Å². The summed E-state index contributed by atoms with van der Waals surface area (Å²) in [4.78, 5) is 0. The minimum Gasteiger partial charge on any atom is -0.0985 e. The maximum absolute atomic E-state index is 3.87. The normalized spacial score (nSPS) is 11.5. The minimum atomic E-state index is 1.16. The first kappa shape index (κ1) is 13.3. The molecule has 0 aromatic heterocycles. The van der Waals surface area contributed by atoms with E-state index < -0.39 is 0 Å². The molecule has 0 bridgehead atoms. The zero-order chi connectivity index (χ0) is 16.1. The zero-order valence-corrected chi connectivity index (χ0v) is 13.3. The summed E-state index contributed by atoms with van der Waals surface area (Å²) in [7, 11) is 0. The van der Waals surface area contributed by atoms with E-state index in [0.29, 0.717) is 0 Å². The molecule has 0 radical (unpaired) electrons. The molecule has 24 heavy (non-hydrogen) atoms. The smallest absolute Gasteiger partial charge is 0.0171 e. The van der Waals surface area contributed by atoms with Gasteiger partial charge >= 0.3 is 0 Å². The van der Waals surface area contributed by atoms with Gasteiger partial charge in [-0.3, -0.25) is 0 Å². The molecule has 5 aromatic rings. The van der Waals surface area contributed by atoms with Crippen LogP contribution in [0.5, 0.6) is 0 Å². The minimum absolute atomic E-state index is 1.16. The SMILES string of the molecule is C=Cc1ccc2cc3cc4cc5ccccc5cc4cc3cc2c1. The Morgan fingerprint density at radius 1 is 0.458 bits per heavy atom. The lowest BCUT2D eigenvalue weighted by Gasteiger charge is -2.07. The monoisotopic (exact) mass is 304 g/mol. The predicted molar refractivity (Wildman–Crippen MR) is 107 cm³/mol. The van der Waals surface area contributed by atoms with Crippen LogP contribution >= 0.6 is 0 Å². The Hall–Kier alpha value is -3.12. The molecule has 0 spiro atoms. The third kappa shape index (κ3) is 2.00. The van der Waals surface area contributed by atoms with Crippen molar-refractivity contribution in [2.24, 2.45) is 0 Å². The summed E-state index contributed by atoms with van der Waals surface area (Å²) in [6.45, 7) is 3.87. The molecule has 0 amide bonds. The molecule has 0 heteroatoms. The second-order valence-corrected chi connectivity index (χ2v) is 6.41. The highest BCUT2D eigenvalue weighted by molar-refractivity contribution is 6.08. The van der Waals surface area contributed by atoms with Gasteiger partial charge in [0.25, 0.3) is 0 Å². The van der Waals surface area contributed by atoms with E-state index in [4.69, 9.17) is 0 Å². The summed E-state index contributed by atoms with van der Waals surface area (Å²) in [5.41, 5.74) is 1.16. The highest BCUT2D eigenvalue weighted by Crippen LogP contribution is 2.30. The number of benzene rings is 5. The van der Waals surface area contributed by atoms with E-state index in [9.17, 15) is 0 Å². The predicted octanol–water partition coefficient (Wildman–Crippen LogP) is 6.94. The summed E-state index contributed by atoms with van der Waals surface area (Å²) in [6, 6.07) is 28.8. The van der Waals surface area contributed by atoms with Crippen LogP contribution in [0.3, 0.4) is 0 Å². The first-order valence-electron chi connectivity index (χ1n) is 8.23. The van der Waals surface area contributed by atoms with Crippen molar-refractivity contribution < 1.29 is 0 Å². The lowest BCUT2D eigenvalue weighted by molar-refractivity contribution is 1.74. The maximum atomic E-state index is 3.87. The van der Waals surface area contributed by atoms with Gasteiger partial charge in [-0.05, 0) is 91.1 Å². The Morgan fingerprint density at radius 3 is 1.38 bits per heavy atom. The Bertz CT molecular complexity index is 1260. The Balaban J connectivity index is 1.87. The van der Waals surface area contributed by atoms with E-state index >= 15 is 0 Å². The van der Waals surface area contributed by atoms with Gasteiger partial charge in [0.2, 0.25) is 0 Å². The lowest BCUT2D eigenvalue weighted by atomic mass is 9.97. The van der Waals surface area contributed by atoms with Crippen molar-refractivity contribution in [3.05, 3.63) is 91.0 Å². The quantitative estimate of drug-likeness (QED) is 0.294. The van der Waals surface area contributed by atoms with Gasteiger partial charge < -0.3 is 0 Å². The standard InChI is InChI=1S/C24H16/c1-2-16-7-8-19-12-23-14-21-10-17-5-3-4-6-18(17)11-22(21)15-24(23)13-20(19)9-16/h2-15H,1H2. The van der Waals surface area contributed by atoms with Crippen LogP contribution in [-0.2, 0) is 0 Å². The molecular formula is C24H16. The Labute approximate surface area is 140 Å². The molecule has 0 N–H and O–H groups in total. The summed E-state index contributed by atoms with van der Waals surface area (Å²) in [5, 5.41) is 10.3. The van der Waals surface area contributed by atoms with Gasteiger partial charge in [-0.2, -0.15) is 0 Å². The van der Waals surface area contributed by atoms with E-state index in [0.717, 1.165) is 5.56 Å². The largest absolute Gasteiger partial charge is 0.0985 e. The van der Waals surface area contributed by atoms with Crippen LogP contribution in [0.15, 0.2) is 85.4 Å². The van der Waals surface area contributed by atoms with Gasteiger partial charge in [-0.1, -0.05) is 49.1 Å². The molecular weight excluding hydrogens is 288 g/mol. The van der Waals surface area contributed by atoms with Crippen LogP contribution in [0.1, 0.15) is 5.56 Å². The molecule has 0 aliphatic carbocycles. The number of hydrogen-bond acceptors (Lipinski definition) is 0. The van der Waals surface area contributed by atoms with Crippen molar-refractivity contribution in [1.82, 2.24) is 0 Å². The molecule has 0 saturated heterocycles. The summed E-state index contributed by atoms with van der Waals surface area (Å²) in [5.74, 6) is 0. The molecule has 0 fully saturated rings. The van der Waals surface area contributed by atoms with Crippen molar-refractivity contribution in [3.8, 4) is 0 Å². The van der Waals surface area contributed by atoms with E-state index in [-0.39, 0.29) is 0 Å². The first-order valence-corrected chi connectivity index (χ1v) is 8.23. The second kappa shape index (κ2) is 4.94. The van der Waals surface area contributed by atoms with E-state index in [1.807, 2.05) is 6.08 Å². The van der Waals surface area contributed by atoms with E-state index in [1.165, 1.54) is 43.1 Å². The van der Waals surface area contributed by atoms with Gasteiger partial charge in [0.15, 0.2) is 0 Å². The van der Waals surface area contributed by atoms with Crippen LogP contribution in [0, 0.1) is 0 Å². The third-order valence-electron chi connectivity index (χ3n) is 4.88. The van der Waals surface area contributed by atoms with Crippen molar-refractivity contribution in [2.75, 3.05) is 0 Å². The number of hydrogen-bond donors (Lipinski definition) is 0. The van der Waals surface area contributed by atoms with Crippen LogP contribution in [0.2, 0.25) is 0 Å². The molecule has 0 aliphatic rings. The highest BCUT2D eigenvalue weighted by Gasteiger charge is 2.03. The fourth-order valence-electron chi connectivity index (χ4n) is 3.59. The summed E-state index contributed by atoms with van der Waals surface area (Å²) in [6.07, 6.45) is 1.90. The fraction of sp³-hybridized carbons (Fsp3) is 0. The van der Waals surface area contributed by atoms with Gasteiger partial charge in [0.1, 0.15) is 0 Å². The second-order valence-electron chi connectivity index (χ2n) is 6.41. The molecule has 112 valence electrons. The molecule has 5 aromatic carbocycles. The van der Waals surface area contributed by atoms with Crippen LogP contribution < -0.4 is 0 Å². The first-order chi connectivity index (χ1) is 11.8. The van der Waals surface area contributed by atoms with Crippen LogP contribution in [0.25, 0.3) is 49.2 Å². The van der Waals surface area contributed by atoms with Crippen molar-refractivity contribution in [1.29, 1.82) is 0 Å². The van der Waals surface area contributed by atoms with E-state index in [1.54, 1.807) is 0 Å². The summed E-state index contributed by atoms with van der Waals surface area (Å²) >= 11 is 0. The number of rotatable bonds is 1. The Kier molecular flexibility index (Phi) is 2.74. The lowest BCUT2D eigenvalue weighted by Crippen LogP contribution is -1.81. The van der Waals surface area contributed by atoms with Crippen molar-refractivity contribution >= 4 is 49.2 Å². The number of fused-ring (bicyclic) bond motifs is 4. The van der Waals surface area contributed by atoms with Crippen LogP contribution in [0.4, 0.5) is 0 Å². The van der Waals surface area contributed by atoms with Gasteiger partial charge in [-0.15, -0.1) is 0 Å². The molecule has 0 nitrogen and oxygen atoms in total. The zero-order valence-electron chi connectivity index (χ0n) is 13.3. The molecule has 5 rings (SSSR count). The van der Waals surface area contributed by atoms with Crippen molar-refractivity contribution in [3.63, 3.8) is 0 Å². The van der Waals surface area contributed by atoms with Crippen LogP contribution in [-0.4, -0.2) is 0 Å². The molecule has 0 unspecified atom stereocenters. The highest BCUT2D eigenvalue weighted by atomic mass is 14.1. The third-order valence-corrected chi connectivity index (χ3v) is 4.88. The van der Waals surface area contributed by atoms with Gasteiger partial charge in [-0.25, -0.2) is 0 Å². The van der Waals surface area contributed by atoms with Crippen molar-refractivity contribution in [2.45, 2.75) is 0 Å². The average molecular weight is 304 g/mol. The molecule has 0 heterocycles. The summed E-state index contributed by atoms with van der Waals surface area (Å²) < 4.78 is 0. The van der Waals surface area contributed by atoms with Gasteiger partial charge in [0, 0.05) is 0 Å². The molecule has 0 aliphatic heterocycles. The van der Waals surface area contributed by atoms with E-state index in [2.05, 4.69) is 85.4 Å². The molecule has 0 saturated carbocycles. The Morgan fingerprint density at radius 2 is 0.875 bits per heavy atom. The fourth-order valence-corrected chi connectivity index (χ4v) is 3.59.